The van der Waals surface area contributed by atoms with Gasteiger partial charge < -0.3 is 9.84 Å². The summed E-state index contributed by atoms with van der Waals surface area (Å²) in [5.74, 6) is -0.165. The second kappa shape index (κ2) is 18.9. The van der Waals surface area contributed by atoms with Gasteiger partial charge in [0, 0.05) is 11.1 Å². The van der Waals surface area contributed by atoms with E-state index in [0.29, 0.717) is 0 Å². The molecule has 0 bridgehead atoms. The molecule has 0 aliphatic rings. The molecule has 30 heavy (non-hydrogen) atoms. The first kappa shape index (κ1) is 27.9. The van der Waals surface area contributed by atoms with Crippen molar-refractivity contribution in [2.45, 2.75) is 59.0 Å². The van der Waals surface area contributed by atoms with Gasteiger partial charge in [0.15, 0.2) is 0 Å². The number of carbonyl (C=O) groups is 1. The van der Waals surface area contributed by atoms with Crippen LogP contribution in [0, 0.1) is 5.92 Å². The molecule has 0 spiro atoms. The summed E-state index contributed by atoms with van der Waals surface area (Å²) in [5.41, 5.74) is 1.04. The minimum absolute atomic E-state index is 0.211. The van der Waals surface area contributed by atoms with Gasteiger partial charge in [-0.1, -0.05) is 91.8 Å². The molecule has 3 nitrogen and oxygen atoms in total. The highest BCUT2D eigenvalue weighted by Crippen LogP contribution is 2.22. The second-order valence-corrected chi connectivity index (χ2v) is 7.50. The average molecular weight is 433 g/mol. The predicted molar refractivity (Wildman–Crippen MR) is 129 cm³/mol. The van der Waals surface area contributed by atoms with Crippen LogP contribution >= 0.6 is 11.6 Å². The van der Waals surface area contributed by atoms with Crippen molar-refractivity contribution in [1.82, 2.24) is 0 Å². The Hall–Kier alpha value is -2.10. The van der Waals surface area contributed by atoms with Gasteiger partial charge in [-0.05, 0) is 51.0 Å². The average Bonchev–Trinajstić information content (AvgIpc) is 2.74. The van der Waals surface area contributed by atoms with Crippen molar-refractivity contribution in [1.29, 1.82) is 0 Å². The Morgan fingerprint density at radius 3 is 2.33 bits per heavy atom. The van der Waals surface area contributed by atoms with Crippen molar-refractivity contribution in [3.8, 4) is 0 Å². The van der Waals surface area contributed by atoms with Gasteiger partial charge in [-0.2, -0.15) is 0 Å². The number of halogens is 1. The van der Waals surface area contributed by atoms with Gasteiger partial charge in [-0.15, -0.1) is 0 Å². The zero-order chi connectivity index (χ0) is 22.6. The van der Waals surface area contributed by atoms with E-state index >= 15 is 0 Å². The lowest BCUT2D eigenvalue weighted by molar-refractivity contribution is -0.134. The molecular weight excluding hydrogens is 396 g/mol. The molecule has 166 valence electrons. The molecule has 0 amide bonds. The van der Waals surface area contributed by atoms with Crippen LogP contribution in [0.25, 0.3) is 0 Å². The van der Waals surface area contributed by atoms with Gasteiger partial charge in [-0.3, -0.25) is 0 Å². The number of esters is 1. The number of aliphatic hydroxyl groups is 1. The number of allylic oxidation sites excluding steroid dienone is 13. The summed E-state index contributed by atoms with van der Waals surface area (Å²) < 4.78 is 4.52. The second-order valence-electron chi connectivity index (χ2n) is 7.06. The predicted octanol–water partition coefficient (Wildman–Crippen LogP) is 6.98. The summed E-state index contributed by atoms with van der Waals surface area (Å²) in [4.78, 5) is 11.0. The molecule has 0 fully saturated rings. The molecule has 0 aromatic rings. The minimum Gasteiger partial charge on any atom is -0.466 e. The van der Waals surface area contributed by atoms with Crippen LogP contribution in [0.15, 0.2) is 83.5 Å². The zero-order valence-electron chi connectivity index (χ0n) is 18.8. The van der Waals surface area contributed by atoms with Crippen LogP contribution in [0.2, 0.25) is 0 Å². The van der Waals surface area contributed by atoms with Crippen molar-refractivity contribution >= 4 is 17.6 Å². The monoisotopic (exact) mass is 432 g/mol. The highest BCUT2D eigenvalue weighted by Gasteiger charge is 2.09. The molecule has 0 saturated heterocycles. The first-order chi connectivity index (χ1) is 14.4. The molecule has 4 heteroatoms. The van der Waals surface area contributed by atoms with E-state index in [1.54, 1.807) is 12.2 Å². The first-order valence-electron chi connectivity index (χ1n) is 10.5. The summed E-state index contributed by atoms with van der Waals surface area (Å²) in [6.07, 6.45) is 26.7. The third-order valence-electron chi connectivity index (χ3n) is 4.32. The van der Waals surface area contributed by atoms with Crippen LogP contribution in [0.1, 0.15) is 52.9 Å². The SMILES string of the molecule is CC/C=C/C=C/CCC(O)CCC(C)/C(Cl)=C/C=C/C=C(C)/C=C/C=C/C(=O)OC. The lowest BCUT2D eigenvalue weighted by atomic mass is 10.00. The smallest absolute Gasteiger partial charge is 0.330 e. The summed E-state index contributed by atoms with van der Waals surface area (Å²) in [6.45, 7) is 6.15. The quantitative estimate of drug-likeness (QED) is 0.183. The fraction of sp³-hybridized carbons (Fsp3) is 0.423. The number of carbonyl (C=O) groups excluding carboxylic acids is 1. The van der Waals surface area contributed by atoms with Gasteiger partial charge in [0.25, 0.3) is 0 Å². The minimum atomic E-state index is -0.376. The Kier molecular flexibility index (Phi) is 17.6. The zero-order valence-corrected chi connectivity index (χ0v) is 19.5. The molecule has 1 N–H and O–H groups in total. The number of rotatable bonds is 14. The van der Waals surface area contributed by atoms with Gasteiger partial charge in [0.2, 0.25) is 0 Å². The number of hydrogen-bond acceptors (Lipinski definition) is 3. The summed E-state index contributed by atoms with van der Waals surface area (Å²) in [6, 6.07) is 0. The molecule has 0 radical (unpaired) electrons. The number of hydrogen-bond donors (Lipinski definition) is 1. The fourth-order valence-electron chi connectivity index (χ4n) is 2.39. The lowest BCUT2D eigenvalue weighted by Gasteiger charge is -2.13. The molecule has 0 heterocycles. The summed E-state index contributed by atoms with van der Waals surface area (Å²) >= 11 is 6.37. The van der Waals surface area contributed by atoms with Crippen molar-refractivity contribution in [3.63, 3.8) is 0 Å². The topological polar surface area (TPSA) is 46.5 Å². The van der Waals surface area contributed by atoms with E-state index in [2.05, 4.69) is 30.7 Å². The largest absolute Gasteiger partial charge is 0.466 e. The molecule has 0 rings (SSSR count). The Labute approximate surface area is 187 Å². The molecular formula is C26H37ClO3. The van der Waals surface area contributed by atoms with Crippen molar-refractivity contribution in [2.75, 3.05) is 7.11 Å². The Morgan fingerprint density at radius 2 is 1.63 bits per heavy atom. The molecule has 0 aromatic carbocycles. The van der Waals surface area contributed by atoms with Crippen molar-refractivity contribution in [3.05, 3.63) is 83.5 Å². The fourth-order valence-corrected chi connectivity index (χ4v) is 2.57. The van der Waals surface area contributed by atoms with Crippen molar-refractivity contribution in [2.24, 2.45) is 5.92 Å². The molecule has 0 saturated carbocycles. The molecule has 2 unspecified atom stereocenters. The van der Waals surface area contributed by atoms with E-state index in [4.69, 9.17) is 11.6 Å². The third-order valence-corrected chi connectivity index (χ3v) is 4.82. The van der Waals surface area contributed by atoms with Crippen LogP contribution in [0.4, 0.5) is 0 Å². The van der Waals surface area contributed by atoms with Gasteiger partial charge >= 0.3 is 5.97 Å². The number of methoxy groups -OCH3 is 1. The van der Waals surface area contributed by atoms with Crippen molar-refractivity contribution < 1.29 is 14.6 Å². The highest BCUT2D eigenvalue weighted by molar-refractivity contribution is 6.29. The Morgan fingerprint density at radius 1 is 0.967 bits per heavy atom. The molecule has 2 atom stereocenters. The highest BCUT2D eigenvalue weighted by atomic mass is 35.5. The van der Waals surface area contributed by atoms with Crippen LogP contribution < -0.4 is 0 Å². The number of ether oxygens (including phenoxy) is 1. The van der Waals surface area contributed by atoms with Crippen LogP contribution in [0.3, 0.4) is 0 Å². The lowest BCUT2D eigenvalue weighted by Crippen LogP contribution is -2.08. The van der Waals surface area contributed by atoms with Crippen LogP contribution in [0.5, 0.6) is 0 Å². The molecule has 0 aromatic heterocycles. The van der Waals surface area contributed by atoms with E-state index in [-0.39, 0.29) is 18.0 Å². The molecule has 0 aliphatic heterocycles. The Balaban J connectivity index is 4.30. The first-order valence-corrected chi connectivity index (χ1v) is 10.9. The third kappa shape index (κ3) is 16.8. The van der Waals surface area contributed by atoms with E-state index in [9.17, 15) is 9.90 Å². The van der Waals surface area contributed by atoms with Gasteiger partial charge in [0.1, 0.15) is 0 Å². The van der Waals surface area contributed by atoms with E-state index in [1.807, 2.05) is 49.5 Å². The van der Waals surface area contributed by atoms with Crippen LogP contribution in [-0.2, 0) is 9.53 Å². The summed E-state index contributed by atoms with van der Waals surface area (Å²) in [7, 11) is 1.35. The van der Waals surface area contributed by atoms with E-state index in [1.165, 1.54) is 13.2 Å². The maximum absolute atomic E-state index is 11.0. The standard InChI is InChI=1S/C26H37ClO3/c1-5-6-7-8-9-10-17-24(28)21-20-23(3)25(27)18-13-11-15-22(2)16-12-14-19-26(29)30-4/h6-9,11-16,18-19,23-24,28H,5,10,17,20-21H2,1-4H3/b7-6+,9-8+,13-11+,16-12+,19-14+,22-15+,25-18-. The summed E-state index contributed by atoms with van der Waals surface area (Å²) in [5, 5.41) is 10.9. The Bertz CT molecular complexity index is 678. The molecule has 0 aliphatic carbocycles. The maximum Gasteiger partial charge on any atom is 0.330 e. The maximum atomic E-state index is 11.0. The van der Waals surface area contributed by atoms with Gasteiger partial charge in [-0.25, -0.2) is 4.79 Å². The van der Waals surface area contributed by atoms with Gasteiger partial charge in [0.05, 0.1) is 13.2 Å². The van der Waals surface area contributed by atoms with Crippen LogP contribution in [-0.4, -0.2) is 24.3 Å². The normalized spacial score (nSPS) is 15.9. The van der Waals surface area contributed by atoms with E-state index < -0.39 is 0 Å². The number of aliphatic hydroxyl groups excluding tert-OH is 1. The van der Waals surface area contributed by atoms with E-state index in [0.717, 1.165) is 42.7 Å².